The second kappa shape index (κ2) is 7.66. The molecule has 24 heavy (non-hydrogen) atoms. The van der Waals surface area contributed by atoms with Crippen LogP contribution in [-0.4, -0.2) is 29.1 Å². The Labute approximate surface area is 140 Å². The largest absolute Gasteiger partial charge is 0.357 e. The molecule has 0 bridgehead atoms. The molecule has 1 atom stereocenters. The number of nitrogens with one attached hydrogen (secondary N) is 1. The van der Waals surface area contributed by atoms with Crippen molar-refractivity contribution in [1.29, 1.82) is 0 Å². The molecule has 0 radical (unpaired) electrons. The molecule has 3 rings (SSSR count). The van der Waals surface area contributed by atoms with E-state index in [1.54, 1.807) is 12.3 Å². The molecule has 1 aliphatic heterocycles. The van der Waals surface area contributed by atoms with Gasteiger partial charge in [-0.05, 0) is 43.5 Å². The first-order valence-corrected chi connectivity index (χ1v) is 8.29. The van der Waals surface area contributed by atoms with Crippen LogP contribution in [-0.2, 0) is 0 Å². The molecule has 6 heteroatoms. The maximum Gasteiger partial charge on any atom is 0.280 e. The first-order chi connectivity index (χ1) is 11.6. The van der Waals surface area contributed by atoms with Gasteiger partial charge in [-0.1, -0.05) is 12.1 Å². The quantitative estimate of drug-likeness (QED) is 0.906. The molecule has 1 aliphatic rings. The average molecular weight is 332 g/mol. The van der Waals surface area contributed by atoms with Crippen LogP contribution < -0.4 is 10.2 Å². The Bertz CT molecular complexity index is 625. The topological polar surface area (TPSA) is 41.0 Å². The Morgan fingerprint density at radius 3 is 2.50 bits per heavy atom. The molecule has 1 unspecified atom stereocenters. The molecule has 0 aromatic carbocycles. The Kier molecular flexibility index (Phi) is 5.35. The van der Waals surface area contributed by atoms with Crippen molar-refractivity contribution in [3.63, 3.8) is 0 Å². The van der Waals surface area contributed by atoms with Crippen LogP contribution in [0, 0.1) is 0 Å². The normalized spacial score (nSPS) is 17.2. The summed E-state index contributed by atoms with van der Waals surface area (Å²) in [6.45, 7) is 3.97. The third kappa shape index (κ3) is 4.06. The predicted octanol–water partition coefficient (Wildman–Crippen LogP) is 3.73. The minimum atomic E-state index is -2.52. The van der Waals surface area contributed by atoms with Gasteiger partial charge in [0.25, 0.3) is 6.43 Å². The van der Waals surface area contributed by atoms with Gasteiger partial charge in [-0.25, -0.2) is 13.8 Å². The van der Waals surface area contributed by atoms with Gasteiger partial charge in [-0.2, -0.15) is 0 Å². The van der Waals surface area contributed by atoms with Gasteiger partial charge in [0.05, 0.1) is 0 Å². The Morgan fingerprint density at radius 1 is 1.12 bits per heavy atom. The van der Waals surface area contributed by atoms with Crippen molar-refractivity contribution >= 4 is 5.82 Å². The molecule has 1 fully saturated rings. The van der Waals surface area contributed by atoms with Crippen molar-refractivity contribution in [3.8, 4) is 0 Å². The zero-order chi connectivity index (χ0) is 16.9. The van der Waals surface area contributed by atoms with Crippen molar-refractivity contribution < 1.29 is 8.78 Å². The van der Waals surface area contributed by atoms with E-state index in [4.69, 9.17) is 0 Å². The number of alkyl halides is 2. The molecular formula is C18H22F2N4. The smallest absolute Gasteiger partial charge is 0.280 e. The van der Waals surface area contributed by atoms with E-state index in [9.17, 15) is 8.78 Å². The van der Waals surface area contributed by atoms with Crippen LogP contribution in [0.1, 0.15) is 43.5 Å². The number of pyridine rings is 2. The lowest BCUT2D eigenvalue weighted by Crippen LogP contribution is -2.43. The maximum absolute atomic E-state index is 12.6. The second-order valence-electron chi connectivity index (χ2n) is 6.15. The Morgan fingerprint density at radius 2 is 1.92 bits per heavy atom. The standard InChI is InChI=1S/C18H22F2N4/c1-13(14-5-6-16(18(19)20)22-12-14)23-15-7-10-24(11-8-15)17-4-2-3-9-21-17/h2-6,9,12-13,15,18,23H,7-8,10-11H2,1H3. The fraction of sp³-hybridized carbons (Fsp3) is 0.444. The van der Waals surface area contributed by atoms with Crippen LogP contribution in [0.15, 0.2) is 42.7 Å². The van der Waals surface area contributed by atoms with Gasteiger partial charge >= 0.3 is 0 Å². The molecule has 0 saturated carbocycles. The van der Waals surface area contributed by atoms with Gasteiger partial charge in [0, 0.05) is 37.6 Å². The highest BCUT2D eigenvalue weighted by Gasteiger charge is 2.21. The van der Waals surface area contributed by atoms with Crippen LogP contribution in [0.4, 0.5) is 14.6 Å². The number of piperidine rings is 1. The number of rotatable bonds is 5. The minimum absolute atomic E-state index is 0.0932. The lowest BCUT2D eigenvalue weighted by Gasteiger charge is -2.34. The summed E-state index contributed by atoms with van der Waals surface area (Å²) in [5, 5.41) is 3.58. The molecule has 128 valence electrons. The van der Waals surface area contributed by atoms with Gasteiger partial charge in [0.1, 0.15) is 11.5 Å². The van der Waals surface area contributed by atoms with Crippen molar-refractivity contribution in [3.05, 3.63) is 54.0 Å². The van der Waals surface area contributed by atoms with Crippen molar-refractivity contribution in [2.24, 2.45) is 0 Å². The maximum atomic E-state index is 12.6. The van der Waals surface area contributed by atoms with Crippen LogP contribution in [0.5, 0.6) is 0 Å². The van der Waals surface area contributed by atoms with Gasteiger partial charge in [0.2, 0.25) is 0 Å². The van der Waals surface area contributed by atoms with Gasteiger partial charge < -0.3 is 10.2 Å². The van der Waals surface area contributed by atoms with Crippen molar-refractivity contribution in [1.82, 2.24) is 15.3 Å². The summed E-state index contributed by atoms with van der Waals surface area (Å²) in [5.74, 6) is 1.02. The minimum Gasteiger partial charge on any atom is -0.357 e. The summed E-state index contributed by atoms with van der Waals surface area (Å²) < 4.78 is 25.1. The fourth-order valence-corrected chi connectivity index (χ4v) is 3.07. The van der Waals surface area contributed by atoms with E-state index >= 15 is 0 Å². The molecule has 1 N–H and O–H groups in total. The van der Waals surface area contributed by atoms with E-state index in [1.165, 1.54) is 6.07 Å². The second-order valence-corrected chi connectivity index (χ2v) is 6.15. The summed E-state index contributed by atoms with van der Waals surface area (Å²) in [5.41, 5.74) is 0.765. The van der Waals surface area contributed by atoms with Gasteiger partial charge in [-0.15, -0.1) is 0 Å². The van der Waals surface area contributed by atoms with E-state index in [0.29, 0.717) is 6.04 Å². The van der Waals surface area contributed by atoms with Crippen LogP contribution in [0.3, 0.4) is 0 Å². The zero-order valence-corrected chi connectivity index (χ0v) is 13.7. The number of hydrogen-bond acceptors (Lipinski definition) is 4. The number of anilines is 1. The molecule has 0 aliphatic carbocycles. The molecule has 0 amide bonds. The number of nitrogens with zero attached hydrogens (tertiary/aromatic N) is 3. The lowest BCUT2D eigenvalue weighted by molar-refractivity contribution is 0.146. The van der Waals surface area contributed by atoms with E-state index in [0.717, 1.165) is 37.3 Å². The number of aromatic nitrogens is 2. The lowest BCUT2D eigenvalue weighted by atomic mass is 10.0. The van der Waals surface area contributed by atoms with Gasteiger partial charge in [-0.3, -0.25) is 4.98 Å². The van der Waals surface area contributed by atoms with E-state index in [-0.39, 0.29) is 11.7 Å². The number of halogens is 2. The highest BCUT2D eigenvalue weighted by Crippen LogP contribution is 2.22. The monoisotopic (exact) mass is 332 g/mol. The van der Waals surface area contributed by atoms with Crippen molar-refractivity contribution in [2.45, 2.75) is 38.3 Å². The summed E-state index contributed by atoms with van der Waals surface area (Å²) in [4.78, 5) is 10.5. The van der Waals surface area contributed by atoms with Crippen LogP contribution in [0.2, 0.25) is 0 Å². The molecule has 2 aromatic heterocycles. The fourth-order valence-electron chi connectivity index (χ4n) is 3.07. The number of hydrogen-bond donors (Lipinski definition) is 1. The average Bonchev–Trinajstić information content (AvgIpc) is 2.63. The van der Waals surface area contributed by atoms with E-state index in [2.05, 4.69) is 20.2 Å². The third-order valence-electron chi connectivity index (χ3n) is 4.49. The molecule has 0 spiro atoms. The third-order valence-corrected chi connectivity index (χ3v) is 4.49. The summed E-state index contributed by atoms with van der Waals surface area (Å²) >= 11 is 0. The zero-order valence-electron chi connectivity index (χ0n) is 13.7. The van der Waals surface area contributed by atoms with Crippen LogP contribution >= 0.6 is 0 Å². The summed E-state index contributed by atoms with van der Waals surface area (Å²) in [7, 11) is 0. The first-order valence-electron chi connectivity index (χ1n) is 8.29. The SMILES string of the molecule is CC(NC1CCN(c2ccccn2)CC1)c1ccc(C(F)F)nc1. The molecular weight excluding hydrogens is 310 g/mol. The predicted molar refractivity (Wildman–Crippen MR) is 90.2 cm³/mol. The molecule has 1 saturated heterocycles. The molecule has 4 nitrogen and oxygen atoms in total. The first kappa shape index (κ1) is 16.8. The Hall–Kier alpha value is -2.08. The Balaban J connectivity index is 1.52. The molecule has 3 heterocycles. The van der Waals surface area contributed by atoms with E-state index < -0.39 is 6.43 Å². The highest BCUT2D eigenvalue weighted by molar-refractivity contribution is 5.38. The van der Waals surface area contributed by atoms with E-state index in [1.807, 2.05) is 31.3 Å². The van der Waals surface area contributed by atoms with Crippen molar-refractivity contribution in [2.75, 3.05) is 18.0 Å². The summed E-state index contributed by atoms with van der Waals surface area (Å²) in [6.07, 6.45) is 2.91. The van der Waals surface area contributed by atoms with Gasteiger partial charge in [0.15, 0.2) is 0 Å². The summed E-state index contributed by atoms with van der Waals surface area (Å²) in [6, 6.07) is 9.60. The highest BCUT2D eigenvalue weighted by atomic mass is 19.3. The van der Waals surface area contributed by atoms with Crippen LogP contribution in [0.25, 0.3) is 0 Å². The molecule has 2 aromatic rings.